The molecule has 0 aliphatic heterocycles. The molecule has 0 rings (SSSR count). The standard InChI is InChI=1S/C8H15NO/c1-4-8(10)9-6-5-7(2)3/h4,7H,1,5-6H2,2-3H3,(H,9,10). The van der Waals surface area contributed by atoms with E-state index >= 15 is 0 Å². The zero-order valence-electron chi connectivity index (χ0n) is 6.68. The van der Waals surface area contributed by atoms with Crippen molar-refractivity contribution < 1.29 is 4.79 Å². The third kappa shape index (κ3) is 5.35. The van der Waals surface area contributed by atoms with E-state index in [0.29, 0.717) is 5.92 Å². The summed E-state index contributed by atoms with van der Waals surface area (Å²) in [6, 6.07) is 0. The Morgan fingerprint density at radius 1 is 1.70 bits per heavy atom. The van der Waals surface area contributed by atoms with Crippen LogP contribution in [0.3, 0.4) is 0 Å². The molecule has 10 heavy (non-hydrogen) atoms. The normalized spacial score (nSPS) is 9.50. The molecular formula is C8H15NO. The fraction of sp³-hybridized carbons (Fsp3) is 0.625. The Hall–Kier alpha value is -0.790. The highest BCUT2D eigenvalue weighted by atomic mass is 16.1. The van der Waals surface area contributed by atoms with Gasteiger partial charge in [-0.25, -0.2) is 0 Å². The highest BCUT2D eigenvalue weighted by Crippen LogP contribution is 1.95. The van der Waals surface area contributed by atoms with E-state index < -0.39 is 0 Å². The van der Waals surface area contributed by atoms with Crippen LogP contribution in [-0.4, -0.2) is 12.5 Å². The molecule has 0 aromatic carbocycles. The van der Waals surface area contributed by atoms with E-state index in [4.69, 9.17) is 0 Å². The summed E-state index contributed by atoms with van der Waals surface area (Å²) in [6.07, 6.45) is 2.32. The minimum atomic E-state index is -0.0827. The van der Waals surface area contributed by atoms with Crippen molar-refractivity contribution in [1.29, 1.82) is 0 Å². The minimum absolute atomic E-state index is 0.0827. The summed E-state index contributed by atoms with van der Waals surface area (Å²) in [6.45, 7) is 8.35. The first-order valence-electron chi connectivity index (χ1n) is 3.57. The maximum atomic E-state index is 10.6. The van der Waals surface area contributed by atoms with Gasteiger partial charge in [0.2, 0.25) is 5.91 Å². The minimum Gasteiger partial charge on any atom is -0.353 e. The van der Waals surface area contributed by atoms with Gasteiger partial charge in [-0.2, -0.15) is 0 Å². The average Bonchev–Trinajstić information content (AvgIpc) is 1.87. The summed E-state index contributed by atoms with van der Waals surface area (Å²) >= 11 is 0. The first-order valence-corrected chi connectivity index (χ1v) is 3.57. The lowest BCUT2D eigenvalue weighted by atomic mass is 10.1. The van der Waals surface area contributed by atoms with Crippen LogP contribution in [0.2, 0.25) is 0 Å². The van der Waals surface area contributed by atoms with Gasteiger partial charge in [0.05, 0.1) is 0 Å². The fourth-order valence-corrected chi connectivity index (χ4v) is 0.556. The molecule has 0 aromatic rings. The molecule has 0 atom stereocenters. The summed E-state index contributed by atoms with van der Waals surface area (Å²) in [5.74, 6) is 0.561. The van der Waals surface area contributed by atoms with Gasteiger partial charge in [0.1, 0.15) is 0 Å². The Balaban J connectivity index is 3.19. The van der Waals surface area contributed by atoms with E-state index in [1.165, 1.54) is 6.08 Å². The van der Waals surface area contributed by atoms with E-state index in [1.54, 1.807) is 0 Å². The fourth-order valence-electron chi connectivity index (χ4n) is 0.556. The Bertz CT molecular complexity index is 118. The summed E-state index contributed by atoms with van der Waals surface area (Å²) in [4.78, 5) is 10.6. The van der Waals surface area contributed by atoms with E-state index in [9.17, 15) is 4.79 Å². The Morgan fingerprint density at radius 3 is 2.70 bits per heavy atom. The lowest BCUT2D eigenvalue weighted by Gasteiger charge is -2.03. The molecule has 1 amide bonds. The largest absolute Gasteiger partial charge is 0.353 e. The molecule has 0 saturated carbocycles. The van der Waals surface area contributed by atoms with Crippen LogP contribution in [0, 0.1) is 5.92 Å². The molecular weight excluding hydrogens is 126 g/mol. The number of nitrogens with one attached hydrogen (secondary N) is 1. The molecule has 0 aliphatic carbocycles. The molecule has 0 heterocycles. The Kier molecular flexibility index (Phi) is 4.63. The monoisotopic (exact) mass is 141 g/mol. The van der Waals surface area contributed by atoms with Gasteiger partial charge in [-0.3, -0.25) is 4.79 Å². The maximum absolute atomic E-state index is 10.6. The van der Waals surface area contributed by atoms with Gasteiger partial charge in [0.25, 0.3) is 0 Å². The zero-order valence-corrected chi connectivity index (χ0v) is 6.68. The van der Waals surface area contributed by atoms with E-state index in [1.807, 2.05) is 0 Å². The summed E-state index contributed by atoms with van der Waals surface area (Å²) in [5, 5.41) is 2.71. The first-order chi connectivity index (χ1) is 4.66. The molecule has 1 N–H and O–H groups in total. The molecule has 0 aromatic heterocycles. The zero-order chi connectivity index (χ0) is 7.98. The van der Waals surface area contributed by atoms with Crippen molar-refractivity contribution in [3.63, 3.8) is 0 Å². The number of hydrogen-bond donors (Lipinski definition) is 1. The van der Waals surface area contributed by atoms with Crippen molar-refractivity contribution >= 4 is 5.91 Å². The smallest absolute Gasteiger partial charge is 0.243 e. The second kappa shape index (κ2) is 5.03. The maximum Gasteiger partial charge on any atom is 0.243 e. The van der Waals surface area contributed by atoms with Crippen LogP contribution in [0.4, 0.5) is 0 Å². The highest BCUT2D eigenvalue weighted by Gasteiger charge is 1.94. The first kappa shape index (κ1) is 9.21. The Morgan fingerprint density at radius 2 is 2.30 bits per heavy atom. The molecule has 0 saturated heterocycles. The molecule has 0 radical (unpaired) electrons. The van der Waals surface area contributed by atoms with E-state index in [0.717, 1.165) is 13.0 Å². The van der Waals surface area contributed by atoms with E-state index in [-0.39, 0.29) is 5.91 Å². The summed E-state index contributed by atoms with van der Waals surface area (Å²) in [7, 11) is 0. The van der Waals surface area contributed by atoms with Crippen LogP contribution in [0.15, 0.2) is 12.7 Å². The predicted molar refractivity (Wildman–Crippen MR) is 42.7 cm³/mol. The second-order valence-corrected chi connectivity index (χ2v) is 2.68. The molecule has 2 heteroatoms. The van der Waals surface area contributed by atoms with Crippen molar-refractivity contribution in [3.05, 3.63) is 12.7 Å². The molecule has 0 spiro atoms. The average molecular weight is 141 g/mol. The van der Waals surface area contributed by atoms with Crippen molar-refractivity contribution in [2.24, 2.45) is 5.92 Å². The number of carbonyl (C=O) groups is 1. The van der Waals surface area contributed by atoms with Gasteiger partial charge < -0.3 is 5.32 Å². The van der Waals surface area contributed by atoms with Crippen molar-refractivity contribution in [2.75, 3.05) is 6.54 Å². The second-order valence-electron chi connectivity index (χ2n) is 2.68. The lowest BCUT2D eigenvalue weighted by Crippen LogP contribution is -2.22. The van der Waals surface area contributed by atoms with Crippen molar-refractivity contribution in [3.8, 4) is 0 Å². The number of hydrogen-bond acceptors (Lipinski definition) is 1. The molecule has 0 unspecified atom stereocenters. The quantitative estimate of drug-likeness (QED) is 0.588. The molecule has 0 aliphatic rings. The topological polar surface area (TPSA) is 29.1 Å². The number of carbonyl (C=O) groups excluding carboxylic acids is 1. The SMILES string of the molecule is C=CC(=O)NCCC(C)C. The predicted octanol–water partition coefficient (Wildman–Crippen LogP) is 1.33. The molecule has 58 valence electrons. The Labute approximate surface area is 62.3 Å². The lowest BCUT2D eigenvalue weighted by molar-refractivity contribution is -0.116. The molecule has 0 bridgehead atoms. The molecule has 0 fully saturated rings. The third-order valence-corrected chi connectivity index (χ3v) is 1.21. The van der Waals surface area contributed by atoms with Gasteiger partial charge in [-0.05, 0) is 18.4 Å². The van der Waals surface area contributed by atoms with Gasteiger partial charge in [-0.15, -0.1) is 0 Å². The van der Waals surface area contributed by atoms with Crippen LogP contribution < -0.4 is 5.32 Å². The van der Waals surface area contributed by atoms with Gasteiger partial charge >= 0.3 is 0 Å². The highest BCUT2D eigenvalue weighted by molar-refractivity contribution is 5.86. The van der Waals surface area contributed by atoms with Crippen LogP contribution >= 0.6 is 0 Å². The third-order valence-electron chi connectivity index (χ3n) is 1.21. The van der Waals surface area contributed by atoms with Gasteiger partial charge in [0.15, 0.2) is 0 Å². The van der Waals surface area contributed by atoms with Gasteiger partial charge in [0, 0.05) is 6.54 Å². The molecule has 2 nitrogen and oxygen atoms in total. The number of rotatable bonds is 4. The van der Waals surface area contributed by atoms with Crippen LogP contribution in [0.5, 0.6) is 0 Å². The summed E-state index contributed by atoms with van der Waals surface area (Å²) < 4.78 is 0. The summed E-state index contributed by atoms with van der Waals surface area (Å²) in [5.41, 5.74) is 0. The number of amides is 1. The van der Waals surface area contributed by atoms with Crippen molar-refractivity contribution in [2.45, 2.75) is 20.3 Å². The van der Waals surface area contributed by atoms with Crippen LogP contribution in [0.1, 0.15) is 20.3 Å². The van der Waals surface area contributed by atoms with Gasteiger partial charge in [-0.1, -0.05) is 20.4 Å². The van der Waals surface area contributed by atoms with Crippen LogP contribution in [-0.2, 0) is 4.79 Å². The van der Waals surface area contributed by atoms with E-state index in [2.05, 4.69) is 25.7 Å². The van der Waals surface area contributed by atoms with Crippen LogP contribution in [0.25, 0.3) is 0 Å². The van der Waals surface area contributed by atoms with Crippen molar-refractivity contribution in [1.82, 2.24) is 5.32 Å².